The normalized spacial score (nSPS) is 11.9. The predicted octanol–water partition coefficient (Wildman–Crippen LogP) is 0.708. The second kappa shape index (κ2) is 6.32. The first kappa shape index (κ1) is 12.8. The van der Waals surface area contributed by atoms with Gasteiger partial charge in [-0.25, -0.2) is 0 Å². The van der Waals surface area contributed by atoms with Crippen molar-refractivity contribution in [2.75, 3.05) is 6.73 Å². The van der Waals surface area contributed by atoms with Crippen LogP contribution in [-0.2, 0) is 9.59 Å². The summed E-state index contributed by atoms with van der Waals surface area (Å²) in [6.07, 6.45) is 1.48. The zero-order valence-electron chi connectivity index (χ0n) is 8.69. The number of ketones is 1. The van der Waals surface area contributed by atoms with Gasteiger partial charge in [-0.1, -0.05) is 12.2 Å². The van der Waals surface area contributed by atoms with E-state index >= 15 is 0 Å². The van der Waals surface area contributed by atoms with Gasteiger partial charge in [0.15, 0.2) is 0 Å². The van der Waals surface area contributed by atoms with Gasteiger partial charge in [-0.15, -0.1) is 0 Å². The Morgan fingerprint density at radius 2 is 2.14 bits per heavy atom. The molecule has 1 atom stereocenters. The molecule has 0 fully saturated rings. The van der Waals surface area contributed by atoms with Crippen LogP contribution in [0.3, 0.4) is 0 Å². The number of aliphatic hydroxyl groups is 1. The Morgan fingerprint density at radius 1 is 1.57 bits per heavy atom. The molecule has 0 aliphatic carbocycles. The molecule has 0 spiro atoms. The third kappa shape index (κ3) is 4.18. The second-order valence-electron chi connectivity index (χ2n) is 3.36. The van der Waals surface area contributed by atoms with E-state index in [-0.39, 0.29) is 18.6 Å². The number of hydrogen-bond donors (Lipinski definition) is 1. The van der Waals surface area contributed by atoms with Crippen molar-refractivity contribution in [3.63, 3.8) is 0 Å². The van der Waals surface area contributed by atoms with E-state index in [1.54, 1.807) is 6.92 Å². The highest BCUT2D eigenvalue weighted by Gasteiger charge is 2.16. The van der Waals surface area contributed by atoms with Gasteiger partial charge in [-0.2, -0.15) is 0 Å². The number of Topliss-reactive ketones (excluding diaryl/α,β-unsaturated/α-hetero) is 1. The van der Waals surface area contributed by atoms with Crippen molar-refractivity contribution < 1.29 is 14.7 Å². The average molecular weight is 199 g/mol. The molecule has 0 saturated carbocycles. The molecule has 1 unspecified atom stereocenters. The summed E-state index contributed by atoms with van der Waals surface area (Å²) in [5.74, 6) is 0.0695. The SMILES string of the molecule is C=C(C)C(CCC(C)=O)N(C=O)CO. The zero-order chi connectivity index (χ0) is 11.1. The minimum Gasteiger partial charge on any atom is -0.376 e. The Morgan fingerprint density at radius 3 is 2.43 bits per heavy atom. The third-order valence-electron chi connectivity index (χ3n) is 2.04. The molecule has 0 aromatic carbocycles. The van der Waals surface area contributed by atoms with E-state index in [9.17, 15) is 9.59 Å². The summed E-state index contributed by atoms with van der Waals surface area (Å²) in [6, 6.07) is -0.249. The van der Waals surface area contributed by atoms with Crippen LogP contribution in [0, 0.1) is 0 Å². The van der Waals surface area contributed by atoms with Gasteiger partial charge in [-0.3, -0.25) is 4.79 Å². The van der Waals surface area contributed by atoms with Crippen LogP contribution < -0.4 is 0 Å². The van der Waals surface area contributed by atoms with E-state index in [1.165, 1.54) is 11.8 Å². The lowest BCUT2D eigenvalue weighted by molar-refractivity contribution is -0.124. The number of amides is 1. The fraction of sp³-hybridized carbons (Fsp3) is 0.600. The fourth-order valence-electron chi connectivity index (χ4n) is 1.24. The van der Waals surface area contributed by atoms with E-state index in [2.05, 4.69) is 6.58 Å². The standard InChI is InChI=1S/C10H17NO3/c1-8(2)10(5-4-9(3)14)11(6-12)7-13/h6,10,13H,1,4-5,7H2,2-3H3. The molecule has 0 aliphatic heterocycles. The molecule has 0 rings (SSSR count). The van der Waals surface area contributed by atoms with Crippen molar-refractivity contribution in [3.8, 4) is 0 Å². The Labute approximate surface area is 84.2 Å². The summed E-state index contributed by atoms with van der Waals surface area (Å²) in [7, 11) is 0. The number of carbonyl (C=O) groups is 2. The summed E-state index contributed by atoms with van der Waals surface area (Å²) in [5, 5.41) is 8.88. The summed E-state index contributed by atoms with van der Waals surface area (Å²) >= 11 is 0. The van der Waals surface area contributed by atoms with E-state index in [0.717, 1.165) is 5.57 Å². The maximum atomic E-state index is 10.8. The minimum atomic E-state index is -0.348. The van der Waals surface area contributed by atoms with Gasteiger partial charge in [0.1, 0.15) is 12.5 Å². The third-order valence-corrected chi connectivity index (χ3v) is 2.04. The van der Waals surface area contributed by atoms with Crippen LogP contribution in [0.15, 0.2) is 12.2 Å². The molecular weight excluding hydrogens is 182 g/mol. The van der Waals surface area contributed by atoms with Crippen molar-refractivity contribution in [2.24, 2.45) is 0 Å². The Kier molecular flexibility index (Phi) is 5.79. The largest absolute Gasteiger partial charge is 0.376 e. The molecule has 4 nitrogen and oxygen atoms in total. The van der Waals surface area contributed by atoms with Gasteiger partial charge < -0.3 is 14.8 Å². The highest BCUT2D eigenvalue weighted by Crippen LogP contribution is 2.12. The molecule has 0 heterocycles. The lowest BCUT2D eigenvalue weighted by Gasteiger charge is -2.26. The number of hydrogen-bond acceptors (Lipinski definition) is 3. The molecule has 0 aromatic rings. The zero-order valence-corrected chi connectivity index (χ0v) is 8.69. The molecule has 1 N–H and O–H groups in total. The van der Waals surface area contributed by atoms with Gasteiger partial charge >= 0.3 is 0 Å². The van der Waals surface area contributed by atoms with Crippen LogP contribution >= 0.6 is 0 Å². The highest BCUT2D eigenvalue weighted by atomic mass is 16.3. The van der Waals surface area contributed by atoms with E-state index in [1.807, 2.05) is 0 Å². The molecule has 80 valence electrons. The van der Waals surface area contributed by atoms with Gasteiger partial charge in [0, 0.05) is 6.42 Å². The van der Waals surface area contributed by atoms with Gasteiger partial charge in [0.25, 0.3) is 0 Å². The van der Waals surface area contributed by atoms with Gasteiger partial charge in [0.05, 0.1) is 6.04 Å². The summed E-state index contributed by atoms with van der Waals surface area (Å²) in [4.78, 5) is 22.6. The van der Waals surface area contributed by atoms with E-state index in [4.69, 9.17) is 5.11 Å². The van der Waals surface area contributed by atoms with Crippen LogP contribution in [0.5, 0.6) is 0 Å². The van der Waals surface area contributed by atoms with E-state index < -0.39 is 0 Å². The van der Waals surface area contributed by atoms with Crippen LogP contribution in [0.25, 0.3) is 0 Å². The average Bonchev–Trinajstić information content (AvgIpc) is 2.11. The number of nitrogens with zero attached hydrogens (tertiary/aromatic N) is 1. The smallest absolute Gasteiger partial charge is 0.212 e. The molecule has 14 heavy (non-hydrogen) atoms. The lowest BCUT2D eigenvalue weighted by atomic mass is 10.0. The maximum absolute atomic E-state index is 10.8. The predicted molar refractivity (Wildman–Crippen MR) is 53.5 cm³/mol. The lowest BCUT2D eigenvalue weighted by Crippen LogP contribution is -2.35. The van der Waals surface area contributed by atoms with Gasteiger partial charge in [-0.05, 0) is 20.3 Å². The van der Waals surface area contributed by atoms with Crippen LogP contribution in [0.4, 0.5) is 0 Å². The highest BCUT2D eigenvalue weighted by molar-refractivity contribution is 5.75. The Balaban J connectivity index is 4.34. The topological polar surface area (TPSA) is 57.6 Å². The van der Waals surface area contributed by atoms with Crippen molar-refractivity contribution in [2.45, 2.75) is 32.7 Å². The van der Waals surface area contributed by atoms with Crippen LogP contribution in [0.1, 0.15) is 26.7 Å². The first-order valence-electron chi connectivity index (χ1n) is 4.49. The summed E-state index contributed by atoms with van der Waals surface area (Å²) < 4.78 is 0. The minimum absolute atomic E-state index is 0.0695. The second-order valence-corrected chi connectivity index (χ2v) is 3.36. The molecule has 4 heteroatoms. The Bertz CT molecular complexity index is 225. The molecule has 0 aromatic heterocycles. The van der Waals surface area contributed by atoms with Crippen LogP contribution in [0.2, 0.25) is 0 Å². The van der Waals surface area contributed by atoms with Crippen molar-refractivity contribution in [1.82, 2.24) is 4.90 Å². The fourth-order valence-corrected chi connectivity index (χ4v) is 1.24. The number of rotatable bonds is 7. The molecule has 0 bridgehead atoms. The monoisotopic (exact) mass is 199 g/mol. The molecule has 0 saturated heterocycles. The first-order valence-corrected chi connectivity index (χ1v) is 4.49. The molecule has 1 amide bonds. The van der Waals surface area contributed by atoms with E-state index in [0.29, 0.717) is 19.3 Å². The first-order chi connectivity index (χ1) is 6.52. The Hall–Kier alpha value is -1.16. The molecule has 0 aliphatic rings. The molecular formula is C10H17NO3. The number of carbonyl (C=O) groups excluding carboxylic acids is 2. The maximum Gasteiger partial charge on any atom is 0.212 e. The van der Waals surface area contributed by atoms with Crippen molar-refractivity contribution >= 4 is 12.2 Å². The van der Waals surface area contributed by atoms with Crippen LogP contribution in [-0.4, -0.2) is 35.0 Å². The quantitative estimate of drug-likeness (QED) is 0.373. The summed E-state index contributed by atoms with van der Waals surface area (Å²) in [6.45, 7) is 6.65. The summed E-state index contributed by atoms with van der Waals surface area (Å²) in [5.41, 5.74) is 0.771. The number of aliphatic hydroxyl groups excluding tert-OH is 1. The van der Waals surface area contributed by atoms with Crippen molar-refractivity contribution in [3.05, 3.63) is 12.2 Å². The van der Waals surface area contributed by atoms with Gasteiger partial charge in [0.2, 0.25) is 6.41 Å². The van der Waals surface area contributed by atoms with Crippen molar-refractivity contribution in [1.29, 1.82) is 0 Å². The molecule has 0 radical (unpaired) electrons.